The smallest absolute Gasteiger partial charge is 0.225 e. The second-order valence-electron chi connectivity index (χ2n) is 6.81. The minimum absolute atomic E-state index is 0.00463. The second kappa shape index (κ2) is 11.1. The molecule has 1 saturated heterocycles. The first-order valence-electron chi connectivity index (χ1n) is 9.55. The van der Waals surface area contributed by atoms with Crippen LogP contribution in [0.3, 0.4) is 0 Å². The summed E-state index contributed by atoms with van der Waals surface area (Å²) in [6.07, 6.45) is 6.25. The summed E-state index contributed by atoms with van der Waals surface area (Å²) in [5.41, 5.74) is 1.24. The number of rotatable bonds is 12. The third kappa shape index (κ3) is 7.04. The number of ether oxygens (including phenoxy) is 1. The number of unbranched alkanes of at least 4 members (excludes halogenated alkanes) is 4. The van der Waals surface area contributed by atoms with Crippen molar-refractivity contribution in [2.45, 2.75) is 45.6 Å². The van der Waals surface area contributed by atoms with Crippen molar-refractivity contribution in [1.82, 2.24) is 10.2 Å². The van der Waals surface area contributed by atoms with E-state index in [9.17, 15) is 4.79 Å². The molecule has 0 aromatic heterocycles. The predicted molar refractivity (Wildman–Crippen MR) is 99.6 cm³/mol. The molecule has 1 aromatic carbocycles. The summed E-state index contributed by atoms with van der Waals surface area (Å²) in [5.74, 6) is 1.04. The summed E-state index contributed by atoms with van der Waals surface area (Å²) in [6, 6.07) is 8.27. The molecule has 2 N–H and O–H groups in total. The van der Waals surface area contributed by atoms with Crippen molar-refractivity contribution in [2.24, 2.45) is 5.92 Å². The van der Waals surface area contributed by atoms with Gasteiger partial charge in [0.1, 0.15) is 5.75 Å². The lowest BCUT2D eigenvalue weighted by Crippen LogP contribution is -2.53. The Morgan fingerprint density at radius 1 is 1.20 bits per heavy atom. The maximum atomic E-state index is 11.7. The van der Waals surface area contributed by atoms with Gasteiger partial charge < -0.3 is 15.2 Å². The predicted octanol–water partition coefficient (Wildman–Crippen LogP) is 2.58. The normalized spacial score (nSPS) is 15.0. The Morgan fingerprint density at radius 2 is 1.92 bits per heavy atom. The number of benzene rings is 1. The number of amides is 1. The van der Waals surface area contributed by atoms with Gasteiger partial charge in [0, 0.05) is 26.2 Å². The number of carbonyl (C=O) groups excluding carboxylic acids is 1. The van der Waals surface area contributed by atoms with Crippen molar-refractivity contribution in [3.8, 4) is 5.75 Å². The Bertz CT molecular complexity index is 498. The van der Waals surface area contributed by atoms with Gasteiger partial charge in [0.05, 0.1) is 19.1 Å². The molecule has 0 bridgehead atoms. The van der Waals surface area contributed by atoms with E-state index in [1.54, 1.807) is 0 Å². The van der Waals surface area contributed by atoms with Gasteiger partial charge in [-0.3, -0.25) is 9.69 Å². The quantitative estimate of drug-likeness (QED) is 0.570. The van der Waals surface area contributed by atoms with Gasteiger partial charge in [-0.15, -0.1) is 0 Å². The maximum Gasteiger partial charge on any atom is 0.225 e. The first-order chi connectivity index (χ1) is 12.2. The number of aliphatic hydroxyl groups excluding tert-OH is 1. The first-order valence-corrected chi connectivity index (χ1v) is 9.55. The fraction of sp³-hybridized carbons (Fsp3) is 0.650. The molecule has 5 heteroatoms. The summed E-state index contributed by atoms with van der Waals surface area (Å²) >= 11 is 0. The van der Waals surface area contributed by atoms with Gasteiger partial charge in [-0.25, -0.2) is 0 Å². The Labute approximate surface area is 151 Å². The topological polar surface area (TPSA) is 61.8 Å². The molecule has 0 spiro atoms. The Kier molecular flexibility index (Phi) is 8.77. The molecule has 0 unspecified atom stereocenters. The lowest BCUT2D eigenvalue weighted by atomic mass is 9.98. The highest BCUT2D eigenvalue weighted by atomic mass is 16.5. The number of likely N-dealkylation sites (tertiary alicyclic amines) is 1. The second-order valence-corrected chi connectivity index (χ2v) is 6.81. The highest BCUT2D eigenvalue weighted by Crippen LogP contribution is 2.20. The van der Waals surface area contributed by atoms with E-state index in [1.165, 1.54) is 31.2 Å². The third-order valence-corrected chi connectivity index (χ3v) is 4.59. The van der Waals surface area contributed by atoms with Crippen molar-refractivity contribution in [3.05, 3.63) is 29.8 Å². The van der Waals surface area contributed by atoms with Crippen LogP contribution in [0.2, 0.25) is 0 Å². The van der Waals surface area contributed by atoms with Gasteiger partial charge >= 0.3 is 0 Å². The monoisotopic (exact) mass is 348 g/mol. The molecule has 1 fully saturated rings. The zero-order valence-corrected chi connectivity index (χ0v) is 15.4. The molecule has 140 valence electrons. The van der Waals surface area contributed by atoms with E-state index in [4.69, 9.17) is 9.84 Å². The molecule has 0 radical (unpaired) electrons. The molecule has 25 heavy (non-hydrogen) atoms. The van der Waals surface area contributed by atoms with Crippen molar-refractivity contribution in [2.75, 3.05) is 32.8 Å². The molecule has 1 heterocycles. The van der Waals surface area contributed by atoms with E-state index >= 15 is 0 Å². The van der Waals surface area contributed by atoms with Gasteiger partial charge in [-0.1, -0.05) is 44.7 Å². The van der Waals surface area contributed by atoms with Crippen molar-refractivity contribution >= 4 is 5.91 Å². The lowest BCUT2D eigenvalue weighted by Gasteiger charge is -2.38. The molecule has 1 aliphatic heterocycles. The molecule has 2 rings (SSSR count). The summed E-state index contributed by atoms with van der Waals surface area (Å²) in [5, 5.41) is 11.5. The van der Waals surface area contributed by atoms with Crippen LogP contribution in [0.15, 0.2) is 24.3 Å². The van der Waals surface area contributed by atoms with E-state index in [0.29, 0.717) is 6.54 Å². The van der Waals surface area contributed by atoms with Gasteiger partial charge in [0.2, 0.25) is 5.91 Å². The molecule has 1 aliphatic rings. The van der Waals surface area contributed by atoms with Crippen molar-refractivity contribution in [1.29, 1.82) is 0 Å². The first kappa shape index (κ1) is 19.7. The standard InChI is InChI=1S/C20H32N2O3/c1-2-3-4-5-6-13-25-19-9-7-17(8-10-19)14-22-15-18(16-22)20(24)21-11-12-23/h7-10,18,23H,2-6,11-16H2,1H3,(H,21,24). The van der Waals surface area contributed by atoms with E-state index in [1.807, 2.05) is 12.1 Å². The average Bonchev–Trinajstić information content (AvgIpc) is 2.60. The van der Waals surface area contributed by atoms with Crippen LogP contribution in [0.4, 0.5) is 0 Å². The van der Waals surface area contributed by atoms with Crippen molar-refractivity contribution < 1.29 is 14.6 Å². The highest BCUT2D eigenvalue weighted by Gasteiger charge is 2.32. The lowest BCUT2D eigenvalue weighted by molar-refractivity contribution is -0.130. The van der Waals surface area contributed by atoms with Crippen LogP contribution in [-0.2, 0) is 11.3 Å². The Balaban J connectivity index is 1.60. The highest BCUT2D eigenvalue weighted by molar-refractivity contribution is 5.79. The average molecular weight is 348 g/mol. The minimum atomic E-state index is -0.00463. The van der Waals surface area contributed by atoms with Crippen molar-refractivity contribution in [3.63, 3.8) is 0 Å². The number of nitrogens with one attached hydrogen (secondary N) is 1. The fourth-order valence-corrected chi connectivity index (χ4v) is 3.03. The van der Waals surface area contributed by atoms with Crippen LogP contribution in [0.1, 0.15) is 44.6 Å². The van der Waals surface area contributed by atoms with Crippen LogP contribution in [0, 0.1) is 5.92 Å². The van der Waals surface area contributed by atoms with Crippen LogP contribution in [0.25, 0.3) is 0 Å². The number of aliphatic hydroxyl groups is 1. The molecule has 0 aliphatic carbocycles. The molecule has 0 atom stereocenters. The number of hydrogen-bond acceptors (Lipinski definition) is 4. The van der Waals surface area contributed by atoms with Gasteiger partial charge in [-0.05, 0) is 24.1 Å². The number of carbonyl (C=O) groups is 1. The molecule has 5 nitrogen and oxygen atoms in total. The van der Waals surface area contributed by atoms with Crippen LogP contribution in [-0.4, -0.2) is 48.8 Å². The fourth-order valence-electron chi connectivity index (χ4n) is 3.03. The van der Waals surface area contributed by atoms with E-state index in [-0.39, 0.29) is 18.4 Å². The Morgan fingerprint density at radius 3 is 2.60 bits per heavy atom. The summed E-state index contributed by atoms with van der Waals surface area (Å²) in [6.45, 7) is 5.79. The largest absolute Gasteiger partial charge is 0.494 e. The molecular weight excluding hydrogens is 316 g/mol. The molecule has 1 aromatic rings. The molecule has 1 amide bonds. The van der Waals surface area contributed by atoms with Crippen LogP contribution in [0.5, 0.6) is 5.75 Å². The zero-order valence-electron chi connectivity index (χ0n) is 15.4. The maximum absolute atomic E-state index is 11.7. The summed E-state index contributed by atoms with van der Waals surface area (Å²) in [7, 11) is 0. The SMILES string of the molecule is CCCCCCCOc1ccc(CN2CC(C(=O)NCCO)C2)cc1. The molecule has 0 saturated carbocycles. The van der Waals surface area contributed by atoms with E-state index in [0.717, 1.165) is 38.4 Å². The van der Waals surface area contributed by atoms with Crippen LogP contribution >= 0.6 is 0 Å². The minimum Gasteiger partial charge on any atom is -0.494 e. The van der Waals surface area contributed by atoms with Gasteiger partial charge in [0.15, 0.2) is 0 Å². The van der Waals surface area contributed by atoms with Crippen LogP contribution < -0.4 is 10.1 Å². The molecular formula is C20H32N2O3. The summed E-state index contributed by atoms with van der Waals surface area (Å²) in [4.78, 5) is 14.0. The van der Waals surface area contributed by atoms with Gasteiger partial charge in [-0.2, -0.15) is 0 Å². The zero-order chi connectivity index (χ0) is 17.9. The Hall–Kier alpha value is -1.59. The van der Waals surface area contributed by atoms with E-state index < -0.39 is 0 Å². The number of nitrogens with zero attached hydrogens (tertiary/aromatic N) is 1. The third-order valence-electron chi connectivity index (χ3n) is 4.59. The van der Waals surface area contributed by atoms with Gasteiger partial charge in [0.25, 0.3) is 0 Å². The van der Waals surface area contributed by atoms with E-state index in [2.05, 4.69) is 29.3 Å². The summed E-state index contributed by atoms with van der Waals surface area (Å²) < 4.78 is 5.79. The number of hydrogen-bond donors (Lipinski definition) is 2.